The molecule has 0 amide bonds. The summed E-state index contributed by atoms with van der Waals surface area (Å²) in [6.07, 6.45) is 2.87. The third kappa shape index (κ3) is 3.10. The first kappa shape index (κ1) is 14.2. The molecule has 0 saturated heterocycles. The third-order valence-corrected chi connectivity index (χ3v) is 2.43. The predicted octanol–water partition coefficient (Wildman–Crippen LogP) is 0.288. The van der Waals surface area contributed by atoms with E-state index in [1.807, 2.05) is 0 Å². The molecule has 15 heavy (non-hydrogen) atoms. The van der Waals surface area contributed by atoms with Crippen LogP contribution in [-0.4, -0.2) is 20.8 Å². The Morgan fingerprint density at radius 1 is 1.07 bits per heavy atom. The van der Waals surface area contributed by atoms with E-state index in [-0.39, 0.29) is 39.0 Å². The molecule has 1 fully saturated rings. The molecule has 0 aromatic heterocycles. The Hall–Kier alpha value is -0.752. The topological polar surface area (TPSA) is 116 Å². The van der Waals surface area contributed by atoms with E-state index in [0.717, 1.165) is 6.42 Å². The molecule has 1 saturated carbocycles. The van der Waals surface area contributed by atoms with Crippen LogP contribution in [0.5, 0.6) is 0 Å². The Morgan fingerprint density at radius 3 is 1.80 bits per heavy atom. The van der Waals surface area contributed by atoms with Gasteiger partial charge in [-0.2, -0.15) is 0 Å². The molecule has 9 heteroatoms. The molecule has 0 aromatic rings. The van der Waals surface area contributed by atoms with Crippen molar-refractivity contribution in [1.29, 1.82) is 0 Å². The monoisotopic (exact) mass is 399 g/mol. The molecule has 8 nitrogen and oxygen atoms in total. The van der Waals surface area contributed by atoms with Gasteiger partial charge in [-0.3, -0.25) is 5.73 Å². The minimum atomic E-state index is -1.43. The van der Waals surface area contributed by atoms with Gasteiger partial charge < -0.3 is 0 Å². The smallest absolute Gasteiger partial charge is 0.224 e. The van der Waals surface area contributed by atoms with Crippen LogP contribution in [0.4, 0.5) is 0 Å². The average molecular weight is 399 g/mol. The summed E-state index contributed by atoms with van der Waals surface area (Å²) in [5.74, 6) is 0. The number of nitro groups is 2. The quantitative estimate of drug-likeness (QED) is 0.414. The van der Waals surface area contributed by atoms with Gasteiger partial charge in [-0.1, -0.05) is 6.42 Å². The van der Waals surface area contributed by atoms with E-state index in [1.54, 1.807) is 0 Å². The number of hydrogen-bond donors (Lipinski definition) is 1. The van der Waals surface area contributed by atoms with Crippen molar-refractivity contribution < 1.29 is 31.1 Å². The number of hydrogen-bond acceptors (Lipinski definition) is 5. The van der Waals surface area contributed by atoms with Crippen molar-refractivity contribution in [3.05, 3.63) is 20.2 Å². The molecule has 0 radical (unpaired) electrons. The van der Waals surface area contributed by atoms with Gasteiger partial charge in [-0.15, -0.1) is 0 Å². The molecule has 0 unspecified atom stereocenters. The molecule has 1 aliphatic rings. The van der Waals surface area contributed by atoms with Crippen molar-refractivity contribution in [2.24, 2.45) is 5.73 Å². The van der Waals surface area contributed by atoms with Crippen LogP contribution in [0.2, 0.25) is 0 Å². The molecule has 2 N–H and O–H groups in total. The van der Waals surface area contributed by atoms with Gasteiger partial charge in [0, 0.05) is 21.1 Å². The van der Waals surface area contributed by atoms with Crippen molar-refractivity contribution in [1.82, 2.24) is 5.12 Å². The molecular formula is C6H12N4O4Pt. The van der Waals surface area contributed by atoms with E-state index >= 15 is 0 Å². The molecule has 1 rings (SSSR count). The summed E-state index contributed by atoms with van der Waals surface area (Å²) >= 11 is 0. The van der Waals surface area contributed by atoms with Gasteiger partial charge in [0.15, 0.2) is 5.12 Å². The van der Waals surface area contributed by atoms with Crippen LogP contribution in [0.1, 0.15) is 32.1 Å². The van der Waals surface area contributed by atoms with Gasteiger partial charge in [0.1, 0.15) is 0 Å². The molecule has 0 aliphatic heterocycles. The van der Waals surface area contributed by atoms with E-state index < -0.39 is 15.7 Å². The predicted molar refractivity (Wildman–Crippen MR) is 45.8 cm³/mol. The normalized spacial score (nSPS) is 18.7. The van der Waals surface area contributed by atoms with Crippen molar-refractivity contribution >= 4 is 0 Å². The maximum absolute atomic E-state index is 10.5. The molecular weight excluding hydrogens is 387 g/mol. The molecule has 90 valence electrons. The Balaban J connectivity index is 0.00000196. The number of hydrazine groups is 2. The Morgan fingerprint density at radius 2 is 1.47 bits per heavy atom. The zero-order valence-corrected chi connectivity index (χ0v) is 10.2. The molecule has 0 atom stereocenters. The first-order valence-corrected chi connectivity index (χ1v) is 4.35. The standard InChI is InChI=1S/C6H12N4O4.Pt/c7-6(4-2-1-3-5-6)8(9(11)12)10(13)14;/h1-5,7H2;. The second kappa shape index (κ2) is 5.36. The van der Waals surface area contributed by atoms with E-state index in [0.29, 0.717) is 12.8 Å². The number of rotatable bonds is 3. The zero-order valence-electron chi connectivity index (χ0n) is 7.90. The first-order valence-electron chi connectivity index (χ1n) is 4.35. The minimum Gasteiger partial charge on any atom is -0.298 e. The van der Waals surface area contributed by atoms with E-state index in [1.165, 1.54) is 0 Å². The summed E-state index contributed by atoms with van der Waals surface area (Å²) in [6, 6.07) is 0. The first-order chi connectivity index (χ1) is 6.47. The van der Waals surface area contributed by atoms with Crippen LogP contribution >= 0.6 is 0 Å². The largest absolute Gasteiger partial charge is 0.298 e. The summed E-state index contributed by atoms with van der Waals surface area (Å²) in [4.78, 5) is 20.9. The SMILES string of the molecule is NC1(N([N+](=O)[O-])[N+](=O)[O-])CCCCC1.[Pt]. The second-order valence-electron chi connectivity index (χ2n) is 3.43. The van der Waals surface area contributed by atoms with Crippen LogP contribution in [0.3, 0.4) is 0 Å². The fourth-order valence-electron chi connectivity index (χ4n) is 1.75. The number of nitrogens with two attached hydrogens (primary N) is 1. The van der Waals surface area contributed by atoms with Gasteiger partial charge in [-0.25, -0.2) is 20.2 Å². The van der Waals surface area contributed by atoms with Crippen molar-refractivity contribution in [2.75, 3.05) is 0 Å². The molecule has 0 bridgehead atoms. The van der Waals surface area contributed by atoms with E-state index in [9.17, 15) is 20.2 Å². The molecule has 1 aliphatic carbocycles. The number of nitrogens with zero attached hydrogens (tertiary/aromatic N) is 3. The third-order valence-electron chi connectivity index (χ3n) is 2.43. The van der Waals surface area contributed by atoms with Gasteiger partial charge in [0.2, 0.25) is 15.7 Å². The van der Waals surface area contributed by atoms with Gasteiger partial charge in [0.05, 0.1) is 0 Å². The maximum Gasteiger partial charge on any atom is 0.224 e. The summed E-state index contributed by atoms with van der Waals surface area (Å²) < 4.78 is 0. The molecule has 0 heterocycles. The van der Waals surface area contributed by atoms with Crippen LogP contribution < -0.4 is 5.73 Å². The van der Waals surface area contributed by atoms with E-state index in [2.05, 4.69) is 0 Å². The van der Waals surface area contributed by atoms with Crippen molar-refractivity contribution in [2.45, 2.75) is 37.8 Å². The Kier molecular flexibility index (Phi) is 5.10. The molecule has 0 aromatic carbocycles. The van der Waals surface area contributed by atoms with Gasteiger partial charge in [0.25, 0.3) is 0 Å². The summed E-state index contributed by atoms with van der Waals surface area (Å²) in [5.41, 5.74) is 4.22. The van der Waals surface area contributed by atoms with Crippen molar-refractivity contribution in [3.8, 4) is 0 Å². The average Bonchev–Trinajstić information content (AvgIpc) is 2.02. The summed E-state index contributed by atoms with van der Waals surface area (Å²) in [5, 5.41) is 18.7. The van der Waals surface area contributed by atoms with Gasteiger partial charge >= 0.3 is 0 Å². The van der Waals surface area contributed by atoms with Crippen LogP contribution in [-0.2, 0) is 21.1 Å². The Labute approximate surface area is 100 Å². The minimum absolute atomic E-state index is 0. The fraction of sp³-hybridized carbons (Fsp3) is 1.00. The zero-order chi connectivity index (χ0) is 10.8. The van der Waals surface area contributed by atoms with Crippen LogP contribution in [0.15, 0.2) is 0 Å². The second-order valence-corrected chi connectivity index (χ2v) is 3.43. The van der Waals surface area contributed by atoms with Crippen molar-refractivity contribution in [3.63, 3.8) is 0 Å². The van der Waals surface area contributed by atoms with E-state index in [4.69, 9.17) is 5.73 Å². The maximum atomic E-state index is 10.5. The van der Waals surface area contributed by atoms with Gasteiger partial charge in [-0.05, 0) is 25.7 Å². The summed E-state index contributed by atoms with van der Waals surface area (Å²) in [7, 11) is 0. The molecule has 0 spiro atoms. The fourth-order valence-corrected chi connectivity index (χ4v) is 1.75. The Bertz CT molecular complexity index is 242. The summed E-state index contributed by atoms with van der Waals surface area (Å²) in [6.45, 7) is 0. The van der Waals surface area contributed by atoms with Crippen LogP contribution in [0.25, 0.3) is 0 Å². The van der Waals surface area contributed by atoms with Crippen LogP contribution in [0, 0.1) is 20.2 Å².